The molecular formula is C17H13F3N2O2. The highest BCUT2D eigenvalue weighted by molar-refractivity contribution is 6.12. The van der Waals surface area contributed by atoms with Crippen LogP contribution in [-0.2, 0) is 17.6 Å². The molecule has 0 heterocycles. The lowest BCUT2D eigenvalue weighted by molar-refractivity contribution is -0.139. The first kappa shape index (κ1) is 17.3. The summed E-state index contributed by atoms with van der Waals surface area (Å²) < 4.78 is 44.3. The predicted molar refractivity (Wildman–Crippen MR) is 81.4 cm³/mol. The minimum atomic E-state index is -4.51. The van der Waals surface area contributed by atoms with Crippen LogP contribution in [0.15, 0.2) is 53.7 Å². The van der Waals surface area contributed by atoms with Crippen molar-refractivity contribution in [2.75, 3.05) is 7.11 Å². The Kier molecular flexibility index (Phi) is 5.42. The van der Waals surface area contributed by atoms with E-state index in [4.69, 9.17) is 10.00 Å². The number of rotatable bonds is 5. The Morgan fingerprint density at radius 1 is 1.12 bits per heavy atom. The molecule has 0 radical (unpaired) electrons. The van der Waals surface area contributed by atoms with Gasteiger partial charge in [0.15, 0.2) is 5.71 Å². The molecule has 0 aliphatic carbocycles. The Hall–Kier alpha value is -3.01. The molecule has 2 rings (SSSR count). The summed E-state index contributed by atoms with van der Waals surface area (Å²) in [5.74, 6) is -0.276. The van der Waals surface area contributed by atoms with Crippen molar-refractivity contribution in [1.29, 1.82) is 5.26 Å². The molecule has 2 aromatic carbocycles. The third-order valence-corrected chi connectivity index (χ3v) is 3.14. The monoisotopic (exact) mass is 334 g/mol. The van der Waals surface area contributed by atoms with E-state index in [2.05, 4.69) is 9.99 Å². The topological polar surface area (TPSA) is 54.6 Å². The van der Waals surface area contributed by atoms with Gasteiger partial charge in [0.2, 0.25) is 0 Å². The smallest absolute Gasteiger partial charge is 0.419 e. The molecular weight excluding hydrogens is 321 g/mol. The molecule has 0 bridgehead atoms. The maximum Gasteiger partial charge on any atom is 0.419 e. The van der Waals surface area contributed by atoms with Crippen LogP contribution in [0.3, 0.4) is 0 Å². The summed E-state index contributed by atoms with van der Waals surface area (Å²) in [6, 6.07) is 13.5. The fourth-order valence-electron chi connectivity index (χ4n) is 2.08. The molecule has 0 unspecified atom stereocenters. The molecule has 0 saturated carbocycles. The third kappa shape index (κ3) is 4.04. The summed E-state index contributed by atoms with van der Waals surface area (Å²) in [4.78, 5) is 4.61. The lowest BCUT2D eigenvalue weighted by Gasteiger charge is -2.14. The van der Waals surface area contributed by atoms with Crippen LogP contribution < -0.4 is 4.74 Å². The zero-order valence-corrected chi connectivity index (χ0v) is 12.7. The number of hydrogen-bond acceptors (Lipinski definition) is 4. The summed E-state index contributed by atoms with van der Waals surface area (Å²) in [6.45, 7) is -0.145. The van der Waals surface area contributed by atoms with Crippen molar-refractivity contribution in [3.8, 4) is 11.8 Å². The molecule has 0 atom stereocenters. The average molecular weight is 334 g/mol. The second-order valence-electron chi connectivity index (χ2n) is 4.67. The molecule has 0 saturated heterocycles. The van der Waals surface area contributed by atoms with Gasteiger partial charge in [0.05, 0.1) is 5.56 Å². The Bertz CT molecular complexity index is 780. The van der Waals surface area contributed by atoms with E-state index in [0.717, 1.165) is 6.07 Å². The number of oxime groups is 1. The van der Waals surface area contributed by atoms with Crippen molar-refractivity contribution in [2.45, 2.75) is 12.8 Å². The Morgan fingerprint density at radius 2 is 1.79 bits per heavy atom. The van der Waals surface area contributed by atoms with E-state index in [0.29, 0.717) is 11.1 Å². The first-order valence-corrected chi connectivity index (χ1v) is 6.86. The second kappa shape index (κ2) is 7.51. The molecule has 4 nitrogen and oxygen atoms in total. The molecule has 0 N–H and O–H groups in total. The number of halogens is 3. The highest BCUT2D eigenvalue weighted by atomic mass is 19.4. The van der Waals surface area contributed by atoms with Gasteiger partial charge in [-0.05, 0) is 17.7 Å². The van der Waals surface area contributed by atoms with Crippen LogP contribution in [-0.4, -0.2) is 12.8 Å². The van der Waals surface area contributed by atoms with Crippen LogP contribution >= 0.6 is 0 Å². The summed E-state index contributed by atoms with van der Waals surface area (Å²) in [7, 11) is 1.30. The molecule has 0 spiro atoms. The van der Waals surface area contributed by atoms with Crippen LogP contribution in [0.5, 0.6) is 5.75 Å². The first-order chi connectivity index (χ1) is 11.5. The van der Waals surface area contributed by atoms with Crippen LogP contribution in [0, 0.1) is 11.3 Å². The van der Waals surface area contributed by atoms with Gasteiger partial charge in [-0.15, -0.1) is 0 Å². The molecule has 7 heteroatoms. The standard InChI is InChI=1S/C17H13F3N2O2/c1-23-22-15(10-21)13-7-3-2-6-12(13)11-24-16-9-5-4-8-14(16)17(18,19)20/h2-9H,11H2,1H3/b22-15-. The lowest BCUT2D eigenvalue weighted by Crippen LogP contribution is -2.10. The van der Waals surface area contributed by atoms with Gasteiger partial charge < -0.3 is 9.57 Å². The molecule has 124 valence electrons. The summed E-state index contributed by atoms with van der Waals surface area (Å²) in [5, 5.41) is 12.7. The van der Waals surface area contributed by atoms with E-state index in [-0.39, 0.29) is 18.1 Å². The van der Waals surface area contributed by atoms with Gasteiger partial charge in [0.1, 0.15) is 25.5 Å². The van der Waals surface area contributed by atoms with E-state index >= 15 is 0 Å². The van der Waals surface area contributed by atoms with Gasteiger partial charge in [-0.1, -0.05) is 41.6 Å². The van der Waals surface area contributed by atoms with Gasteiger partial charge in [-0.2, -0.15) is 18.4 Å². The van der Waals surface area contributed by atoms with Gasteiger partial charge in [-0.3, -0.25) is 0 Å². The molecule has 0 fully saturated rings. The number of hydrogen-bond donors (Lipinski definition) is 0. The van der Waals surface area contributed by atoms with E-state index in [1.807, 2.05) is 6.07 Å². The molecule has 0 amide bonds. The van der Waals surface area contributed by atoms with Crippen molar-refractivity contribution >= 4 is 5.71 Å². The minimum Gasteiger partial charge on any atom is -0.488 e. The number of para-hydroxylation sites is 1. The molecule has 0 aliphatic rings. The predicted octanol–water partition coefficient (Wildman–Crippen LogP) is 4.16. The maximum absolute atomic E-state index is 13.0. The fraction of sp³-hybridized carbons (Fsp3) is 0.176. The average Bonchev–Trinajstić information content (AvgIpc) is 2.57. The number of nitriles is 1. The fourth-order valence-corrected chi connectivity index (χ4v) is 2.08. The largest absolute Gasteiger partial charge is 0.488 e. The third-order valence-electron chi connectivity index (χ3n) is 3.14. The number of benzene rings is 2. The van der Waals surface area contributed by atoms with Gasteiger partial charge in [0.25, 0.3) is 0 Å². The van der Waals surface area contributed by atoms with E-state index in [9.17, 15) is 13.2 Å². The number of alkyl halides is 3. The Labute approximate surface area is 136 Å². The van der Waals surface area contributed by atoms with Crippen molar-refractivity contribution in [1.82, 2.24) is 0 Å². The Balaban J connectivity index is 2.29. The van der Waals surface area contributed by atoms with Crippen LogP contribution in [0.1, 0.15) is 16.7 Å². The zero-order valence-electron chi connectivity index (χ0n) is 12.7. The number of nitrogens with zero attached hydrogens (tertiary/aromatic N) is 2. The molecule has 0 aromatic heterocycles. The highest BCUT2D eigenvalue weighted by Crippen LogP contribution is 2.36. The van der Waals surface area contributed by atoms with Crippen molar-refractivity contribution in [3.63, 3.8) is 0 Å². The van der Waals surface area contributed by atoms with E-state index in [1.54, 1.807) is 24.3 Å². The van der Waals surface area contributed by atoms with Gasteiger partial charge in [-0.25, -0.2) is 0 Å². The lowest BCUT2D eigenvalue weighted by atomic mass is 10.0. The summed E-state index contributed by atoms with van der Waals surface area (Å²) in [5.41, 5.74) is 0.118. The minimum absolute atomic E-state index is 0.0146. The molecule has 0 aliphatic heterocycles. The zero-order chi connectivity index (χ0) is 17.6. The Morgan fingerprint density at radius 3 is 2.46 bits per heavy atom. The highest BCUT2D eigenvalue weighted by Gasteiger charge is 2.34. The van der Waals surface area contributed by atoms with Gasteiger partial charge >= 0.3 is 6.18 Å². The van der Waals surface area contributed by atoms with Gasteiger partial charge in [0, 0.05) is 5.56 Å². The quantitative estimate of drug-likeness (QED) is 0.609. The van der Waals surface area contributed by atoms with Crippen molar-refractivity contribution in [2.24, 2.45) is 5.16 Å². The van der Waals surface area contributed by atoms with E-state index in [1.165, 1.54) is 25.3 Å². The normalized spacial score (nSPS) is 11.7. The van der Waals surface area contributed by atoms with Crippen LogP contribution in [0.25, 0.3) is 0 Å². The van der Waals surface area contributed by atoms with Crippen LogP contribution in [0.4, 0.5) is 13.2 Å². The van der Waals surface area contributed by atoms with E-state index < -0.39 is 11.7 Å². The SMILES string of the molecule is CO/N=C(/C#N)c1ccccc1COc1ccccc1C(F)(F)F. The second-order valence-corrected chi connectivity index (χ2v) is 4.67. The summed E-state index contributed by atoms with van der Waals surface area (Å²) in [6.07, 6.45) is -4.51. The van der Waals surface area contributed by atoms with Crippen LogP contribution in [0.2, 0.25) is 0 Å². The van der Waals surface area contributed by atoms with Crippen molar-refractivity contribution < 1.29 is 22.7 Å². The van der Waals surface area contributed by atoms with Crippen molar-refractivity contribution in [3.05, 3.63) is 65.2 Å². The summed E-state index contributed by atoms with van der Waals surface area (Å²) >= 11 is 0. The number of ether oxygens (including phenoxy) is 1. The molecule has 24 heavy (non-hydrogen) atoms. The first-order valence-electron chi connectivity index (χ1n) is 6.86. The molecule has 2 aromatic rings. The maximum atomic E-state index is 13.0.